The summed E-state index contributed by atoms with van der Waals surface area (Å²) in [7, 11) is 0. The van der Waals surface area contributed by atoms with Gasteiger partial charge in [-0.1, -0.05) is 11.6 Å². The van der Waals surface area contributed by atoms with Crippen molar-refractivity contribution in [2.24, 2.45) is 0 Å². The molecule has 0 saturated carbocycles. The molecule has 0 aliphatic heterocycles. The molecule has 0 radical (unpaired) electrons. The highest BCUT2D eigenvalue weighted by molar-refractivity contribution is 7.99. The molecular weight excluding hydrogens is 296 g/mol. The van der Waals surface area contributed by atoms with Crippen LogP contribution >= 0.6 is 23.4 Å². The van der Waals surface area contributed by atoms with Gasteiger partial charge in [0.25, 0.3) is 5.78 Å². The molecule has 0 aliphatic rings. The number of fused-ring (bicyclic) bond motifs is 1. The van der Waals surface area contributed by atoms with Crippen molar-refractivity contribution in [3.63, 3.8) is 0 Å². The molecule has 0 unspecified atom stereocenters. The van der Waals surface area contributed by atoms with E-state index in [0.717, 1.165) is 22.0 Å². The van der Waals surface area contributed by atoms with E-state index in [9.17, 15) is 0 Å². The molecule has 0 saturated heterocycles. The van der Waals surface area contributed by atoms with Gasteiger partial charge in [-0.25, -0.2) is 9.97 Å². The van der Waals surface area contributed by atoms with Crippen LogP contribution in [0, 0.1) is 20.8 Å². The van der Waals surface area contributed by atoms with Crippen LogP contribution in [0.1, 0.15) is 17.0 Å². The highest BCUT2D eigenvalue weighted by atomic mass is 35.5. The number of aryl methyl sites for hydroxylation is 2. The zero-order chi connectivity index (χ0) is 14.3. The maximum absolute atomic E-state index is 5.99. The Morgan fingerprint density at radius 1 is 1.10 bits per heavy atom. The van der Waals surface area contributed by atoms with Gasteiger partial charge in [-0.05, 0) is 38.1 Å². The topological polar surface area (TPSA) is 68.9 Å². The summed E-state index contributed by atoms with van der Waals surface area (Å²) >= 11 is 7.38. The third-order valence-corrected chi connectivity index (χ3v) is 4.05. The Morgan fingerprint density at radius 2 is 1.80 bits per heavy atom. The Bertz CT molecular complexity index is 777. The van der Waals surface area contributed by atoms with Crippen LogP contribution < -0.4 is 0 Å². The van der Waals surface area contributed by atoms with E-state index in [0.29, 0.717) is 16.1 Å². The summed E-state index contributed by atoms with van der Waals surface area (Å²) in [4.78, 5) is 17.1. The second-order valence-electron chi connectivity index (χ2n) is 4.29. The monoisotopic (exact) mass is 306 g/mol. The molecule has 0 aromatic carbocycles. The minimum atomic E-state index is 0.369. The summed E-state index contributed by atoms with van der Waals surface area (Å²) in [6.07, 6.45) is 1.44. The minimum absolute atomic E-state index is 0.369. The van der Waals surface area contributed by atoms with Crippen molar-refractivity contribution in [3.05, 3.63) is 34.5 Å². The second-order valence-corrected chi connectivity index (χ2v) is 5.67. The quantitative estimate of drug-likeness (QED) is 0.535. The fourth-order valence-electron chi connectivity index (χ4n) is 1.71. The van der Waals surface area contributed by atoms with Gasteiger partial charge in [0.15, 0.2) is 5.16 Å². The fraction of sp³-hybridized carbons (Fsp3) is 0.250. The largest absolute Gasteiger partial charge is 0.254 e. The molecule has 3 aromatic rings. The molecule has 3 heterocycles. The predicted octanol–water partition coefficient (Wildman–Crippen LogP) is 2.64. The Hall–Kier alpha value is -1.73. The van der Waals surface area contributed by atoms with Gasteiger partial charge in [0.2, 0.25) is 0 Å². The average molecular weight is 307 g/mol. The molecule has 6 nitrogen and oxygen atoms in total. The summed E-state index contributed by atoms with van der Waals surface area (Å²) in [6.45, 7) is 5.95. The van der Waals surface area contributed by atoms with Crippen LogP contribution in [0.25, 0.3) is 5.78 Å². The van der Waals surface area contributed by atoms with Crippen LogP contribution in [0.4, 0.5) is 0 Å². The van der Waals surface area contributed by atoms with Gasteiger partial charge in [-0.3, -0.25) is 0 Å². The van der Waals surface area contributed by atoms with E-state index < -0.39 is 0 Å². The van der Waals surface area contributed by atoms with E-state index in [-0.39, 0.29) is 0 Å². The smallest absolute Gasteiger partial charge is 0.227 e. The highest BCUT2D eigenvalue weighted by Crippen LogP contribution is 2.27. The first-order valence-electron chi connectivity index (χ1n) is 5.90. The highest BCUT2D eigenvalue weighted by Gasteiger charge is 2.11. The van der Waals surface area contributed by atoms with Gasteiger partial charge in [0.05, 0.1) is 0 Å². The molecule has 0 aliphatic carbocycles. The molecule has 3 aromatic heterocycles. The minimum Gasteiger partial charge on any atom is -0.227 e. The molecule has 20 heavy (non-hydrogen) atoms. The van der Waals surface area contributed by atoms with Crippen molar-refractivity contribution in [1.29, 1.82) is 0 Å². The third-order valence-electron chi connectivity index (χ3n) is 3.00. The summed E-state index contributed by atoms with van der Waals surface area (Å²) in [5.74, 6) is 0.459. The molecule has 0 N–H and O–H groups in total. The average Bonchev–Trinajstić information content (AvgIpc) is 2.84. The summed E-state index contributed by atoms with van der Waals surface area (Å²) in [6, 6.07) is 1.72. The Morgan fingerprint density at radius 3 is 2.50 bits per heavy atom. The maximum Gasteiger partial charge on any atom is 0.254 e. The van der Waals surface area contributed by atoms with E-state index >= 15 is 0 Å². The number of hydrogen-bond acceptors (Lipinski definition) is 6. The standard InChI is InChI=1S/C12H11ClN6S/c1-6-7(2)16-12(17-8(6)3)20-10-4-9(13)18-11-14-5-15-19(10)11/h4-5H,1-3H3. The van der Waals surface area contributed by atoms with E-state index in [1.165, 1.54) is 18.1 Å². The summed E-state index contributed by atoms with van der Waals surface area (Å²) in [5.41, 5.74) is 3.04. The first kappa shape index (κ1) is 13.3. The lowest BCUT2D eigenvalue weighted by atomic mass is 10.2. The van der Waals surface area contributed by atoms with E-state index in [4.69, 9.17) is 11.6 Å². The number of hydrogen-bond donors (Lipinski definition) is 0. The molecule has 8 heteroatoms. The zero-order valence-electron chi connectivity index (χ0n) is 11.1. The SMILES string of the molecule is Cc1nc(Sc2cc(Cl)nc3ncnn23)nc(C)c1C. The van der Waals surface area contributed by atoms with E-state index in [2.05, 4.69) is 25.0 Å². The lowest BCUT2D eigenvalue weighted by molar-refractivity contribution is 0.829. The Balaban J connectivity index is 2.07. The molecule has 0 atom stereocenters. The number of nitrogens with zero attached hydrogens (tertiary/aromatic N) is 6. The molecule has 0 bridgehead atoms. The lowest BCUT2D eigenvalue weighted by Crippen LogP contribution is -2.00. The third kappa shape index (κ3) is 2.34. The van der Waals surface area contributed by atoms with Gasteiger partial charge >= 0.3 is 0 Å². The van der Waals surface area contributed by atoms with Crippen LogP contribution in [0.5, 0.6) is 0 Å². The van der Waals surface area contributed by atoms with Crippen molar-refractivity contribution in [2.45, 2.75) is 31.0 Å². The van der Waals surface area contributed by atoms with Crippen molar-refractivity contribution >= 4 is 29.1 Å². The van der Waals surface area contributed by atoms with Gasteiger partial charge in [-0.15, -0.1) is 0 Å². The molecule has 0 amide bonds. The predicted molar refractivity (Wildman–Crippen MR) is 76.2 cm³/mol. The number of aromatic nitrogens is 6. The van der Waals surface area contributed by atoms with Crippen LogP contribution in [-0.4, -0.2) is 29.5 Å². The summed E-state index contributed by atoms with van der Waals surface area (Å²) in [5, 5.41) is 5.93. The first-order chi connectivity index (χ1) is 9.54. The van der Waals surface area contributed by atoms with E-state index in [1.807, 2.05) is 20.8 Å². The molecule has 0 fully saturated rings. The van der Waals surface area contributed by atoms with E-state index in [1.54, 1.807) is 10.6 Å². The van der Waals surface area contributed by atoms with Crippen molar-refractivity contribution < 1.29 is 0 Å². The van der Waals surface area contributed by atoms with Gasteiger partial charge < -0.3 is 0 Å². The summed E-state index contributed by atoms with van der Waals surface area (Å²) < 4.78 is 1.62. The van der Waals surface area contributed by atoms with Crippen LogP contribution in [-0.2, 0) is 0 Å². The van der Waals surface area contributed by atoms with Crippen LogP contribution in [0.2, 0.25) is 5.15 Å². The van der Waals surface area contributed by atoms with Gasteiger partial charge in [0.1, 0.15) is 16.5 Å². The zero-order valence-corrected chi connectivity index (χ0v) is 12.7. The van der Waals surface area contributed by atoms with Crippen molar-refractivity contribution in [3.8, 4) is 0 Å². The Labute approximate surface area is 124 Å². The molecule has 102 valence electrons. The first-order valence-corrected chi connectivity index (χ1v) is 7.10. The number of rotatable bonds is 2. The maximum atomic E-state index is 5.99. The van der Waals surface area contributed by atoms with Crippen molar-refractivity contribution in [1.82, 2.24) is 29.5 Å². The molecule has 3 rings (SSSR count). The van der Waals surface area contributed by atoms with Crippen LogP contribution in [0.3, 0.4) is 0 Å². The fourth-order valence-corrected chi connectivity index (χ4v) is 2.89. The van der Waals surface area contributed by atoms with Crippen molar-refractivity contribution in [2.75, 3.05) is 0 Å². The van der Waals surface area contributed by atoms with Crippen LogP contribution in [0.15, 0.2) is 22.6 Å². The van der Waals surface area contributed by atoms with Gasteiger partial charge in [-0.2, -0.15) is 19.6 Å². The lowest BCUT2D eigenvalue weighted by Gasteiger charge is -2.07. The number of halogens is 1. The normalized spacial score (nSPS) is 11.2. The molecule has 0 spiro atoms. The second kappa shape index (κ2) is 4.99. The Kier molecular flexibility index (Phi) is 3.31. The van der Waals surface area contributed by atoms with Gasteiger partial charge in [0, 0.05) is 17.5 Å². The molecular formula is C12H11ClN6S.